The molecule has 21 heavy (non-hydrogen) atoms. The van der Waals surface area contributed by atoms with E-state index in [1.54, 1.807) is 20.2 Å². The fourth-order valence-corrected chi connectivity index (χ4v) is 2.63. The predicted molar refractivity (Wildman–Crippen MR) is 83.3 cm³/mol. The molecular weight excluding hydrogens is 288 g/mol. The van der Waals surface area contributed by atoms with Crippen molar-refractivity contribution in [2.24, 2.45) is 0 Å². The van der Waals surface area contributed by atoms with Crippen LogP contribution >= 0.6 is 11.3 Å². The maximum atomic E-state index is 12.4. The number of aliphatic hydroxyl groups excluding tert-OH is 1. The number of hydrogen-bond acceptors (Lipinski definition) is 4. The molecule has 1 rings (SSSR count). The highest BCUT2D eigenvalue weighted by atomic mass is 32.1. The first-order valence-electron chi connectivity index (χ1n) is 6.60. The minimum absolute atomic E-state index is 0.0664. The van der Waals surface area contributed by atoms with E-state index in [0.29, 0.717) is 11.4 Å². The van der Waals surface area contributed by atoms with E-state index in [2.05, 4.69) is 11.8 Å². The SMILES string of the molecule is CCN(CC(=O)N(C)C)C(=O)c1cc(C)c(C#CCO)s1. The molecule has 114 valence electrons. The lowest BCUT2D eigenvalue weighted by Gasteiger charge is -2.21. The molecule has 0 aliphatic rings. The van der Waals surface area contributed by atoms with E-state index < -0.39 is 0 Å². The van der Waals surface area contributed by atoms with Gasteiger partial charge in [-0.1, -0.05) is 11.8 Å². The van der Waals surface area contributed by atoms with Gasteiger partial charge in [0, 0.05) is 20.6 Å². The van der Waals surface area contributed by atoms with Crippen LogP contribution in [-0.2, 0) is 4.79 Å². The summed E-state index contributed by atoms with van der Waals surface area (Å²) < 4.78 is 0. The van der Waals surface area contributed by atoms with Crippen molar-refractivity contribution in [3.8, 4) is 11.8 Å². The second-order valence-corrected chi connectivity index (χ2v) is 5.74. The Labute approximate surface area is 129 Å². The molecule has 0 atom stereocenters. The van der Waals surface area contributed by atoms with E-state index in [1.807, 2.05) is 13.8 Å². The topological polar surface area (TPSA) is 60.9 Å². The zero-order chi connectivity index (χ0) is 16.0. The van der Waals surface area contributed by atoms with Crippen molar-refractivity contribution in [2.75, 3.05) is 33.8 Å². The Morgan fingerprint density at radius 3 is 2.57 bits per heavy atom. The van der Waals surface area contributed by atoms with Crippen LogP contribution in [0.25, 0.3) is 0 Å². The lowest BCUT2D eigenvalue weighted by molar-refractivity contribution is -0.129. The van der Waals surface area contributed by atoms with Gasteiger partial charge in [-0.05, 0) is 25.5 Å². The minimum Gasteiger partial charge on any atom is -0.384 e. The third kappa shape index (κ3) is 4.59. The van der Waals surface area contributed by atoms with E-state index in [0.717, 1.165) is 10.4 Å². The van der Waals surface area contributed by atoms with Crippen LogP contribution < -0.4 is 0 Å². The summed E-state index contributed by atoms with van der Waals surface area (Å²) in [5.74, 6) is 5.12. The van der Waals surface area contributed by atoms with E-state index in [9.17, 15) is 9.59 Å². The van der Waals surface area contributed by atoms with Crippen molar-refractivity contribution in [1.29, 1.82) is 0 Å². The summed E-state index contributed by atoms with van der Waals surface area (Å²) in [5, 5.41) is 8.73. The van der Waals surface area contributed by atoms with Gasteiger partial charge in [0.25, 0.3) is 5.91 Å². The number of carbonyl (C=O) groups excluding carboxylic acids is 2. The molecule has 0 aliphatic heterocycles. The molecule has 0 saturated heterocycles. The fourth-order valence-electron chi connectivity index (χ4n) is 1.62. The Morgan fingerprint density at radius 1 is 1.38 bits per heavy atom. The average Bonchev–Trinajstić information content (AvgIpc) is 2.82. The molecule has 0 fully saturated rings. The Kier molecular flexibility index (Phi) is 6.40. The van der Waals surface area contributed by atoms with E-state index in [-0.39, 0.29) is 25.0 Å². The minimum atomic E-state index is -0.209. The van der Waals surface area contributed by atoms with Gasteiger partial charge in [-0.25, -0.2) is 0 Å². The predicted octanol–water partition coefficient (Wildman–Crippen LogP) is 0.951. The van der Waals surface area contributed by atoms with Crippen molar-refractivity contribution in [1.82, 2.24) is 9.80 Å². The van der Waals surface area contributed by atoms with Crippen molar-refractivity contribution in [3.05, 3.63) is 21.4 Å². The second-order valence-electron chi connectivity index (χ2n) is 4.69. The summed E-state index contributed by atoms with van der Waals surface area (Å²) in [6, 6.07) is 1.77. The first-order chi connectivity index (χ1) is 9.90. The van der Waals surface area contributed by atoms with Gasteiger partial charge in [0.2, 0.25) is 5.91 Å². The first-order valence-corrected chi connectivity index (χ1v) is 7.41. The highest BCUT2D eigenvalue weighted by Gasteiger charge is 2.20. The monoisotopic (exact) mass is 308 g/mol. The van der Waals surface area contributed by atoms with Crippen LogP contribution in [0.2, 0.25) is 0 Å². The Bertz CT molecular complexity index is 581. The van der Waals surface area contributed by atoms with Gasteiger partial charge < -0.3 is 14.9 Å². The highest BCUT2D eigenvalue weighted by Crippen LogP contribution is 2.22. The molecule has 1 aromatic rings. The number of amides is 2. The molecule has 1 N–H and O–H groups in total. The molecule has 0 aliphatic carbocycles. The van der Waals surface area contributed by atoms with Crippen LogP contribution in [0.4, 0.5) is 0 Å². The number of hydrogen-bond donors (Lipinski definition) is 1. The molecule has 1 aromatic heterocycles. The average molecular weight is 308 g/mol. The highest BCUT2D eigenvalue weighted by molar-refractivity contribution is 7.14. The number of aliphatic hydroxyl groups is 1. The molecule has 6 heteroatoms. The molecule has 0 aromatic carbocycles. The smallest absolute Gasteiger partial charge is 0.264 e. The standard InChI is InChI=1S/C15H20N2O3S/c1-5-17(10-14(19)16(3)4)15(20)13-9-11(2)12(21-13)7-6-8-18/h9,18H,5,8,10H2,1-4H3. The summed E-state index contributed by atoms with van der Waals surface area (Å²) in [6.45, 7) is 4.03. The van der Waals surface area contributed by atoms with Gasteiger partial charge in [0.05, 0.1) is 9.75 Å². The van der Waals surface area contributed by atoms with Gasteiger partial charge in [-0.15, -0.1) is 11.3 Å². The van der Waals surface area contributed by atoms with Crippen LogP contribution in [0.3, 0.4) is 0 Å². The maximum absolute atomic E-state index is 12.4. The number of likely N-dealkylation sites (N-methyl/N-ethyl adjacent to an activating group) is 2. The largest absolute Gasteiger partial charge is 0.384 e. The molecule has 0 spiro atoms. The van der Waals surface area contributed by atoms with Crippen molar-refractivity contribution in [3.63, 3.8) is 0 Å². The molecule has 5 nitrogen and oxygen atoms in total. The molecule has 0 bridgehead atoms. The summed E-state index contributed by atoms with van der Waals surface area (Å²) in [4.78, 5) is 28.5. The Hall–Kier alpha value is -1.84. The molecule has 0 saturated carbocycles. The van der Waals surface area contributed by atoms with E-state index in [1.165, 1.54) is 21.1 Å². The van der Waals surface area contributed by atoms with Gasteiger partial charge in [-0.3, -0.25) is 9.59 Å². The van der Waals surface area contributed by atoms with Gasteiger partial charge >= 0.3 is 0 Å². The third-order valence-corrected chi connectivity index (χ3v) is 4.04. The second kappa shape index (κ2) is 7.81. The summed E-state index contributed by atoms with van der Waals surface area (Å²) in [7, 11) is 3.33. The Morgan fingerprint density at radius 2 is 2.05 bits per heavy atom. The number of rotatable bonds is 4. The molecule has 2 amide bonds. The summed E-state index contributed by atoms with van der Waals surface area (Å²) in [5.41, 5.74) is 0.902. The normalized spacial score (nSPS) is 9.76. The molecule has 0 unspecified atom stereocenters. The van der Waals surface area contributed by atoms with Gasteiger partial charge in [-0.2, -0.15) is 0 Å². The third-order valence-electron chi connectivity index (χ3n) is 2.90. The quantitative estimate of drug-likeness (QED) is 0.843. The van der Waals surface area contributed by atoms with Crippen molar-refractivity contribution >= 4 is 23.2 Å². The van der Waals surface area contributed by atoms with Crippen LogP contribution in [0.5, 0.6) is 0 Å². The number of thiophene rings is 1. The van der Waals surface area contributed by atoms with Crippen LogP contribution in [0.1, 0.15) is 27.0 Å². The van der Waals surface area contributed by atoms with E-state index >= 15 is 0 Å². The van der Waals surface area contributed by atoms with E-state index in [4.69, 9.17) is 5.11 Å². The van der Waals surface area contributed by atoms with Gasteiger partial charge in [0.1, 0.15) is 13.2 Å². The molecule has 0 radical (unpaired) electrons. The molecular formula is C15H20N2O3S. The van der Waals surface area contributed by atoms with Crippen LogP contribution in [0.15, 0.2) is 6.07 Å². The number of aryl methyl sites for hydroxylation is 1. The zero-order valence-corrected chi connectivity index (χ0v) is 13.6. The summed E-state index contributed by atoms with van der Waals surface area (Å²) in [6.07, 6.45) is 0. The Balaban J connectivity index is 2.93. The zero-order valence-electron chi connectivity index (χ0n) is 12.8. The first kappa shape index (κ1) is 17.2. The van der Waals surface area contributed by atoms with Crippen molar-refractivity contribution in [2.45, 2.75) is 13.8 Å². The maximum Gasteiger partial charge on any atom is 0.264 e. The summed E-state index contributed by atoms with van der Waals surface area (Å²) >= 11 is 1.29. The van der Waals surface area contributed by atoms with Crippen molar-refractivity contribution < 1.29 is 14.7 Å². The number of carbonyl (C=O) groups is 2. The fraction of sp³-hybridized carbons (Fsp3) is 0.467. The van der Waals surface area contributed by atoms with Crippen LogP contribution in [0, 0.1) is 18.8 Å². The molecule has 1 heterocycles. The van der Waals surface area contributed by atoms with Gasteiger partial charge in [0.15, 0.2) is 0 Å². The number of nitrogens with zero attached hydrogens (tertiary/aromatic N) is 2. The lowest BCUT2D eigenvalue weighted by atomic mass is 10.2. The lowest BCUT2D eigenvalue weighted by Crippen LogP contribution is -2.39. The van der Waals surface area contributed by atoms with Crippen LogP contribution in [-0.4, -0.2) is 60.5 Å².